The Morgan fingerprint density at radius 1 is 1.21 bits per heavy atom. The maximum Gasteiger partial charge on any atom is 0.161 e. The zero-order chi connectivity index (χ0) is 14.0. The quantitative estimate of drug-likeness (QED) is 0.681. The first-order valence-corrected chi connectivity index (χ1v) is 6.30. The molecule has 0 aliphatic carbocycles. The van der Waals surface area contributed by atoms with Gasteiger partial charge in [0.2, 0.25) is 0 Å². The molecule has 3 nitrogen and oxygen atoms in total. The van der Waals surface area contributed by atoms with E-state index in [1.165, 1.54) is 25.1 Å². The smallest absolute Gasteiger partial charge is 0.161 e. The van der Waals surface area contributed by atoms with E-state index in [2.05, 4.69) is 15.9 Å². The molecule has 0 radical (unpaired) electrons. The number of rotatable bonds is 3. The Kier molecular flexibility index (Phi) is 3.85. The summed E-state index contributed by atoms with van der Waals surface area (Å²) in [7, 11) is 0. The van der Waals surface area contributed by atoms with Gasteiger partial charge in [-0.2, -0.15) is 0 Å². The van der Waals surface area contributed by atoms with Gasteiger partial charge in [-0.25, -0.2) is 4.39 Å². The number of Topliss-reactive ketones (excluding diaryl/α,β-unsaturated/α-hetero) is 1. The maximum absolute atomic E-state index is 13.1. The van der Waals surface area contributed by atoms with Crippen molar-refractivity contribution < 1.29 is 13.9 Å². The van der Waals surface area contributed by atoms with Crippen molar-refractivity contribution in [2.24, 2.45) is 0 Å². The van der Waals surface area contributed by atoms with Gasteiger partial charge >= 0.3 is 0 Å². The first-order valence-electron chi connectivity index (χ1n) is 5.51. The second-order valence-electron chi connectivity index (χ2n) is 3.98. The monoisotopic (exact) mass is 323 g/mol. The number of carbonyl (C=O) groups is 1. The Labute approximate surface area is 118 Å². The number of ether oxygens (including phenoxy) is 1. The first-order chi connectivity index (χ1) is 8.97. The molecule has 0 heterocycles. The van der Waals surface area contributed by atoms with E-state index in [0.29, 0.717) is 27.2 Å². The van der Waals surface area contributed by atoms with Gasteiger partial charge in [0.15, 0.2) is 5.78 Å². The molecule has 2 rings (SSSR count). The van der Waals surface area contributed by atoms with Crippen molar-refractivity contribution in [1.29, 1.82) is 0 Å². The van der Waals surface area contributed by atoms with Crippen molar-refractivity contribution in [2.75, 3.05) is 5.73 Å². The molecule has 5 heteroatoms. The van der Waals surface area contributed by atoms with E-state index in [1.807, 2.05) is 0 Å². The van der Waals surface area contributed by atoms with Crippen molar-refractivity contribution in [3.05, 3.63) is 52.3 Å². The second kappa shape index (κ2) is 5.40. The van der Waals surface area contributed by atoms with Crippen LogP contribution in [0.1, 0.15) is 17.3 Å². The topological polar surface area (TPSA) is 52.3 Å². The van der Waals surface area contributed by atoms with Crippen LogP contribution in [0.2, 0.25) is 0 Å². The largest absolute Gasteiger partial charge is 0.457 e. The van der Waals surface area contributed by atoms with Crippen LogP contribution in [0.4, 0.5) is 10.1 Å². The lowest BCUT2D eigenvalue weighted by Gasteiger charge is -2.08. The Balaban J connectivity index is 2.26. The SMILES string of the molecule is CC(=O)c1ccc(Oc2ccc(F)c(Br)c2)cc1N. The van der Waals surface area contributed by atoms with Crippen LogP contribution in [-0.4, -0.2) is 5.78 Å². The highest BCUT2D eigenvalue weighted by molar-refractivity contribution is 9.10. The van der Waals surface area contributed by atoms with Crippen molar-refractivity contribution in [1.82, 2.24) is 0 Å². The zero-order valence-electron chi connectivity index (χ0n) is 10.1. The van der Waals surface area contributed by atoms with E-state index in [1.54, 1.807) is 18.2 Å². The van der Waals surface area contributed by atoms with Gasteiger partial charge in [0.1, 0.15) is 17.3 Å². The number of benzene rings is 2. The summed E-state index contributed by atoms with van der Waals surface area (Å²) < 4.78 is 18.9. The number of nitrogens with two attached hydrogens (primary N) is 1. The Bertz CT molecular complexity index is 643. The van der Waals surface area contributed by atoms with Crippen LogP contribution in [0.3, 0.4) is 0 Å². The van der Waals surface area contributed by atoms with Gasteiger partial charge in [-0.1, -0.05) is 0 Å². The lowest BCUT2D eigenvalue weighted by Crippen LogP contribution is -1.99. The van der Waals surface area contributed by atoms with Crippen LogP contribution in [0.5, 0.6) is 11.5 Å². The molecular formula is C14H11BrFNO2. The van der Waals surface area contributed by atoms with E-state index in [0.717, 1.165) is 0 Å². The number of hydrogen-bond acceptors (Lipinski definition) is 3. The van der Waals surface area contributed by atoms with Gasteiger partial charge < -0.3 is 10.5 Å². The summed E-state index contributed by atoms with van der Waals surface area (Å²) >= 11 is 3.08. The van der Waals surface area contributed by atoms with Gasteiger partial charge in [0.25, 0.3) is 0 Å². The van der Waals surface area contributed by atoms with Crippen LogP contribution in [0, 0.1) is 5.82 Å². The summed E-state index contributed by atoms with van der Waals surface area (Å²) in [6.45, 7) is 1.45. The van der Waals surface area contributed by atoms with Crippen molar-refractivity contribution in [2.45, 2.75) is 6.92 Å². The van der Waals surface area contributed by atoms with Crippen LogP contribution in [-0.2, 0) is 0 Å². The highest BCUT2D eigenvalue weighted by Gasteiger charge is 2.07. The Hall–Kier alpha value is -1.88. The summed E-state index contributed by atoms with van der Waals surface area (Å²) in [6, 6.07) is 9.14. The van der Waals surface area contributed by atoms with Crippen LogP contribution < -0.4 is 10.5 Å². The fourth-order valence-electron chi connectivity index (χ4n) is 1.60. The van der Waals surface area contributed by atoms with Crippen molar-refractivity contribution in [3.8, 4) is 11.5 Å². The molecule has 0 aliphatic heterocycles. The van der Waals surface area contributed by atoms with E-state index in [9.17, 15) is 9.18 Å². The molecule has 0 aromatic heterocycles. The predicted octanol–water partition coefficient (Wildman–Crippen LogP) is 4.17. The molecule has 2 aromatic carbocycles. The van der Waals surface area contributed by atoms with Crippen LogP contribution >= 0.6 is 15.9 Å². The van der Waals surface area contributed by atoms with Crippen LogP contribution in [0.15, 0.2) is 40.9 Å². The Morgan fingerprint density at radius 3 is 2.42 bits per heavy atom. The second-order valence-corrected chi connectivity index (χ2v) is 4.84. The fourth-order valence-corrected chi connectivity index (χ4v) is 1.96. The van der Waals surface area contributed by atoms with Gasteiger partial charge in [-0.15, -0.1) is 0 Å². The molecule has 0 bridgehead atoms. The van der Waals surface area contributed by atoms with Gasteiger partial charge in [-0.05, 0) is 53.2 Å². The van der Waals surface area contributed by atoms with Crippen molar-refractivity contribution in [3.63, 3.8) is 0 Å². The Morgan fingerprint density at radius 2 is 1.84 bits per heavy atom. The molecule has 0 saturated heterocycles. The number of carbonyl (C=O) groups excluding carboxylic acids is 1. The van der Waals surface area contributed by atoms with Gasteiger partial charge in [0, 0.05) is 17.3 Å². The molecule has 0 amide bonds. The van der Waals surface area contributed by atoms with Gasteiger partial charge in [0.05, 0.1) is 4.47 Å². The minimum atomic E-state index is -0.362. The van der Waals surface area contributed by atoms with Gasteiger partial charge in [-0.3, -0.25) is 4.79 Å². The number of anilines is 1. The third kappa shape index (κ3) is 3.12. The lowest BCUT2D eigenvalue weighted by molar-refractivity contribution is 0.101. The van der Waals surface area contributed by atoms with E-state index in [4.69, 9.17) is 10.5 Å². The molecule has 0 spiro atoms. The van der Waals surface area contributed by atoms with E-state index < -0.39 is 0 Å². The number of halogens is 2. The molecule has 0 atom stereocenters. The molecule has 0 fully saturated rings. The lowest BCUT2D eigenvalue weighted by atomic mass is 10.1. The molecule has 2 aromatic rings. The number of nitrogen functional groups attached to an aromatic ring is 1. The van der Waals surface area contributed by atoms with E-state index >= 15 is 0 Å². The third-order valence-electron chi connectivity index (χ3n) is 2.53. The summed E-state index contributed by atoms with van der Waals surface area (Å²) in [5.74, 6) is 0.497. The summed E-state index contributed by atoms with van der Waals surface area (Å²) in [5, 5.41) is 0. The molecule has 0 unspecified atom stereocenters. The molecule has 19 heavy (non-hydrogen) atoms. The zero-order valence-corrected chi connectivity index (χ0v) is 11.7. The third-order valence-corrected chi connectivity index (χ3v) is 3.14. The molecule has 2 N–H and O–H groups in total. The fraction of sp³-hybridized carbons (Fsp3) is 0.0714. The van der Waals surface area contributed by atoms with E-state index in [-0.39, 0.29) is 11.6 Å². The molecule has 0 saturated carbocycles. The summed E-state index contributed by atoms with van der Waals surface area (Å²) in [4.78, 5) is 11.2. The van der Waals surface area contributed by atoms with Crippen LogP contribution in [0.25, 0.3) is 0 Å². The minimum Gasteiger partial charge on any atom is -0.457 e. The maximum atomic E-state index is 13.1. The first kappa shape index (κ1) is 13.5. The summed E-state index contributed by atoms with van der Waals surface area (Å²) in [6.07, 6.45) is 0. The highest BCUT2D eigenvalue weighted by atomic mass is 79.9. The standard InChI is InChI=1S/C14H11BrFNO2/c1-8(18)11-4-2-10(7-14(11)17)19-9-3-5-13(16)12(15)6-9/h2-7H,17H2,1H3. The normalized spacial score (nSPS) is 10.3. The molecular weight excluding hydrogens is 313 g/mol. The average molecular weight is 324 g/mol. The number of hydrogen-bond donors (Lipinski definition) is 1. The predicted molar refractivity (Wildman–Crippen MR) is 75.0 cm³/mol. The highest BCUT2D eigenvalue weighted by Crippen LogP contribution is 2.28. The summed E-state index contributed by atoms with van der Waals surface area (Å²) in [5.41, 5.74) is 6.56. The minimum absolute atomic E-state index is 0.103. The number of ketones is 1. The molecule has 98 valence electrons. The average Bonchev–Trinajstić information content (AvgIpc) is 2.33. The van der Waals surface area contributed by atoms with Crippen molar-refractivity contribution >= 4 is 27.4 Å². The molecule has 0 aliphatic rings.